The van der Waals surface area contributed by atoms with E-state index in [0.29, 0.717) is 0 Å². The summed E-state index contributed by atoms with van der Waals surface area (Å²) in [6.45, 7) is 6.65. The Kier molecular flexibility index (Phi) is 6.37. The summed E-state index contributed by atoms with van der Waals surface area (Å²) >= 11 is 5.37. The van der Waals surface area contributed by atoms with Gasteiger partial charge in [-0.3, -0.25) is 0 Å². The predicted octanol–water partition coefficient (Wildman–Crippen LogP) is 3.79. The van der Waals surface area contributed by atoms with E-state index in [1.165, 1.54) is 4.90 Å². The van der Waals surface area contributed by atoms with Crippen LogP contribution in [-0.2, 0) is 0 Å². The Hall–Kier alpha value is 0.01000. The van der Waals surface area contributed by atoms with Crippen LogP contribution in [0.2, 0.25) is 0 Å². The summed E-state index contributed by atoms with van der Waals surface area (Å²) in [6, 6.07) is 8.44. The van der Waals surface area contributed by atoms with Crippen molar-refractivity contribution in [3.05, 3.63) is 28.7 Å². The summed E-state index contributed by atoms with van der Waals surface area (Å²) in [5.41, 5.74) is 0. The first-order chi connectivity index (χ1) is 7.18. The lowest BCUT2D eigenvalue weighted by atomic mass is 10.2. The largest absolute Gasteiger partial charge is 0.316 e. The van der Waals surface area contributed by atoms with Gasteiger partial charge in [0.05, 0.1) is 0 Å². The monoisotopic (exact) mass is 287 g/mol. The molecule has 0 saturated carbocycles. The number of hydrogen-bond acceptors (Lipinski definition) is 2. The van der Waals surface area contributed by atoms with Crippen molar-refractivity contribution in [1.29, 1.82) is 0 Å². The molecule has 3 heteroatoms. The molecule has 0 aliphatic heterocycles. The van der Waals surface area contributed by atoms with E-state index in [2.05, 4.69) is 59.4 Å². The average molecular weight is 288 g/mol. The molecule has 0 aromatic heterocycles. The van der Waals surface area contributed by atoms with Crippen molar-refractivity contribution in [2.45, 2.75) is 18.7 Å². The highest BCUT2D eigenvalue weighted by Gasteiger charge is 1.96. The summed E-state index contributed by atoms with van der Waals surface area (Å²) in [5, 5.41) is 3.44. The van der Waals surface area contributed by atoms with Gasteiger partial charge in [0.1, 0.15) is 0 Å². The van der Waals surface area contributed by atoms with Crippen LogP contribution in [0.1, 0.15) is 13.8 Å². The number of halogens is 1. The highest BCUT2D eigenvalue weighted by molar-refractivity contribution is 9.10. The molecule has 1 nitrogen and oxygen atoms in total. The molecule has 1 rings (SSSR count). The second-order valence-electron chi connectivity index (χ2n) is 3.90. The molecule has 0 amide bonds. The maximum absolute atomic E-state index is 3.47. The van der Waals surface area contributed by atoms with Crippen LogP contribution in [-0.4, -0.2) is 18.8 Å². The Morgan fingerprint density at radius 1 is 1.40 bits per heavy atom. The van der Waals surface area contributed by atoms with Crippen LogP contribution in [0.3, 0.4) is 0 Å². The summed E-state index contributed by atoms with van der Waals surface area (Å²) < 4.78 is 1.16. The summed E-state index contributed by atoms with van der Waals surface area (Å²) in [5.74, 6) is 1.87. The van der Waals surface area contributed by atoms with E-state index in [9.17, 15) is 0 Å². The maximum atomic E-state index is 3.47. The molecule has 1 aromatic carbocycles. The Labute approximate surface area is 105 Å². The topological polar surface area (TPSA) is 12.0 Å². The fourth-order valence-corrected chi connectivity index (χ4v) is 2.61. The first-order valence-corrected chi connectivity index (χ1v) is 7.05. The first-order valence-electron chi connectivity index (χ1n) is 5.27. The fraction of sp³-hybridized carbons (Fsp3) is 0.500. The summed E-state index contributed by atoms with van der Waals surface area (Å²) in [7, 11) is 0. The van der Waals surface area contributed by atoms with Gasteiger partial charge in [-0.05, 0) is 30.7 Å². The Morgan fingerprint density at radius 2 is 2.20 bits per heavy atom. The lowest BCUT2D eigenvalue weighted by Gasteiger charge is -2.07. The van der Waals surface area contributed by atoms with Gasteiger partial charge >= 0.3 is 0 Å². The van der Waals surface area contributed by atoms with Gasteiger partial charge in [0.2, 0.25) is 0 Å². The molecule has 0 unspecified atom stereocenters. The molecular formula is C12H18BrNS. The number of hydrogen-bond donors (Lipinski definition) is 1. The number of nitrogens with one attached hydrogen (secondary N) is 1. The van der Waals surface area contributed by atoms with Crippen molar-refractivity contribution in [2.75, 3.05) is 18.8 Å². The third-order valence-corrected chi connectivity index (χ3v) is 3.39. The van der Waals surface area contributed by atoms with Gasteiger partial charge in [-0.1, -0.05) is 35.8 Å². The second kappa shape index (κ2) is 7.31. The van der Waals surface area contributed by atoms with Gasteiger partial charge in [0.15, 0.2) is 0 Å². The molecule has 84 valence electrons. The third kappa shape index (κ3) is 6.23. The van der Waals surface area contributed by atoms with Crippen LogP contribution in [0.25, 0.3) is 0 Å². The van der Waals surface area contributed by atoms with Gasteiger partial charge < -0.3 is 5.32 Å². The number of rotatable bonds is 6. The van der Waals surface area contributed by atoms with Crippen molar-refractivity contribution >= 4 is 27.7 Å². The van der Waals surface area contributed by atoms with Gasteiger partial charge in [0.25, 0.3) is 0 Å². The van der Waals surface area contributed by atoms with E-state index in [-0.39, 0.29) is 0 Å². The van der Waals surface area contributed by atoms with Crippen LogP contribution in [0.15, 0.2) is 33.6 Å². The van der Waals surface area contributed by atoms with Crippen molar-refractivity contribution in [3.63, 3.8) is 0 Å². The minimum Gasteiger partial charge on any atom is -0.316 e. The predicted molar refractivity (Wildman–Crippen MR) is 72.6 cm³/mol. The molecule has 1 aromatic rings. The van der Waals surface area contributed by atoms with E-state index in [1.54, 1.807) is 0 Å². The van der Waals surface area contributed by atoms with Crippen molar-refractivity contribution in [2.24, 2.45) is 5.92 Å². The highest BCUT2D eigenvalue weighted by atomic mass is 79.9. The zero-order chi connectivity index (χ0) is 11.1. The molecule has 0 radical (unpaired) electrons. The molecular weight excluding hydrogens is 270 g/mol. The molecule has 0 heterocycles. The van der Waals surface area contributed by atoms with Crippen LogP contribution < -0.4 is 5.32 Å². The molecule has 15 heavy (non-hydrogen) atoms. The Balaban J connectivity index is 2.15. The fourth-order valence-electron chi connectivity index (χ4n) is 1.19. The highest BCUT2D eigenvalue weighted by Crippen LogP contribution is 2.21. The maximum Gasteiger partial charge on any atom is 0.0186 e. The number of thioether (sulfide) groups is 1. The third-order valence-electron chi connectivity index (χ3n) is 1.90. The van der Waals surface area contributed by atoms with Crippen molar-refractivity contribution in [3.8, 4) is 0 Å². The minimum atomic E-state index is 0.737. The standard InChI is InChI=1S/C12H18BrNS/c1-10(2)9-14-6-7-15-12-5-3-4-11(13)8-12/h3-5,8,10,14H,6-7,9H2,1-2H3. The lowest BCUT2D eigenvalue weighted by molar-refractivity contribution is 0.568. The SMILES string of the molecule is CC(C)CNCCSc1cccc(Br)c1. The molecule has 0 saturated heterocycles. The smallest absolute Gasteiger partial charge is 0.0186 e. The van der Waals surface area contributed by atoms with E-state index < -0.39 is 0 Å². The average Bonchev–Trinajstić information content (AvgIpc) is 2.17. The molecule has 0 atom stereocenters. The minimum absolute atomic E-state index is 0.737. The molecule has 0 fully saturated rings. The normalized spacial score (nSPS) is 10.9. The van der Waals surface area contributed by atoms with Crippen LogP contribution in [0.5, 0.6) is 0 Å². The molecule has 0 aliphatic carbocycles. The van der Waals surface area contributed by atoms with Crippen LogP contribution >= 0.6 is 27.7 Å². The zero-order valence-electron chi connectivity index (χ0n) is 9.29. The first kappa shape index (κ1) is 13.1. The zero-order valence-corrected chi connectivity index (χ0v) is 11.7. The van der Waals surface area contributed by atoms with E-state index in [4.69, 9.17) is 0 Å². The van der Waals surface area contributed by atoms with Gasteiger partial charge in [-0.2, -0.15) is 0 Å². The molecule has 0 spiro atoms. The van der Waals surface area contributed by atoms with E-state index >= 15 is 0 Å². The summed E-state index contributed by atoms with van der Waals surface area (Å²) in [6.07, 6.45) is 0. The van der Waals surface area contributed by atoms with Crippen molar-refractivity contribution in [1.82, 2.24) is 5.32 Å². The molecule has 0 aliphatic rings. The van der Waals surface area contributed by atoms with Crippen LogP contribution in [0.4, 0.5) is 0 Å². The van der Waals surface area contributed by atoms with Gasteiger partial charge in [-0.25, -0.2) is 0 Å². The molecule has 0 bridgehead atoms. The summed E-state index contributed by atoms with van der Waals surface area (Å²) in [4.78, 5) is 1.33. The Morgan fingerprint density at radius 3 is 2.87 bits per heavy atom. The van der Waals surface area contributed by atoms with Gasteiger partial charge in [-0.15, -0.1) is 11.8 Å². The quantitative estimate of drug-likeness (QED) is 0.631. The van der Waals surface area contributed by atoms with Crippen molar-refractivity contribution < 1.29 is 0 Å². The van der Waals surface area contributed by atoms with Crippen LogP contribution in [0, 0.1) is 5.92 Å². The number of benzene rings is 1. The van der Waals surface area contributed by atoms with Gasteiger partial charge in [0, 0.05) is 21.7 Å². The second-order valence-corrected chi connectivity index (χ2v) is 5.99. The molecule has 1 N–H and O–H groups in total. The van der Waals surface area contributed by atoms with E-state index in [0.717, 1.165) is 29.2 Å². The lowest BCUT2D eigenvalue weighted by Crippen LogP contribution is -2.21. The Bertz CT molecular complexity index is 289. The van der Waals surface area contributed by atoms with E-state index in [1.807, 2.05) is 11.8 Å².